The smallest absolute Gasteiger partial charge is 0.160 e. The highest BCUT2D eigenvalue weighted by molar-refractivity contribution is 9.09. The van der Waals surface area contributed by atoms with Crippen molar-refractivity contribution in [3.05, 3.63) is 39.9 Å². The highest BCUT2D eigenvalue weighted by Crippen LogP contribution is 2.26. The number of nitrogens with zero attached hydrogens (tertiary/aromatic N) is 3. The first-order chi connectivity index (χ1) is 8.11. The maximum Gasteiger partial charge on any atom is 0.160 e. The van der Waals surface area contributed by atoms with Crippen LogP contribution in [0.4, 0.5) is 4.39 Å². The van der Waals surface area contributed by atoms with Crippen LogP contribution in [-0.2, 0) is 6.42 Å². The van der Waals surface area contributed by atoms with Gasteiger partial charge in [-0.05, 0) is 12.1 Å². The van der Waals surface area contributed by atoms with Crippen LogP contribution >= 0.6 is 39.1 Å². The molecule has 17 heavy (non-hydrogen) atoms. The third-order valence-electron chi connectivity index (χ3n) is 2.12. The fourth-order valence-corrected chi connectivity index (χ4v) is 2.19. The molecule has 1 aromatic carbocycles. The van der Waals surface area contributed by atoms with Gasteiger partial charge in [0.05, 0.1) is 27.6 Å². The van der Waals surface area contributed by atoms with Crippen molar-refractivity contribution in [2.24, 2.45) is 0 Å². The summed E-state index contributed by atoms with van der Waals surface area (Å²) in [4.78, 5) is 0. The molecule has 0 amide bonds. The molecule has 0 unspecified atom stereocenters. The van der Waals surface area contributed by atoms with E-state index in [1.807, 2.05) is 0 Å². The summed E-state index contributed by atoms with van der Waals surface area (Å²) in [6, 6.07) is 2.91. The van der Waals surface area contributed by atoms with Crippen molar-refractivity contribution in [2.75, 3.05) is 5.33 Å². The maximum absolute atomic E-state index is 13.2. The zero-order valence-electron chi connectivity index (χ0n) is 8.50. The van der Waals surface area contributed by atoms with E-state index in [0.717, 1.165) is 17.4 Å². The van der Waals surface area contributed by atoms with E-state index < -0.39 is 5.82 Å². The molecule has 3 nitrogen and oxygen atoms in total. The molecule has 0 bridgehead atoms. The molecule has 0 radical (unpaired) electrons. The molecule has 0 aliphatic carbocycles. The van der Waals surface area contributed by atoms with Gasteiger partial charge in [0.15, 0.2) is 5.82 Å². The molecule has 0 fully saturated rings. The lowest BCUT2D eigenvalue weighted by Gasteiger charge is -2.03. The second-order valence-electron chi connectivity index (χ2n) is 3.32. The minimum atomic E-state index is -0.627. The van der Waals surface area contributed by atoms with Crippen molar-refractivity contribution < 1.29 is 4.39 Å². The van der Waals surface area contributed by atoms with Crippen LogP contribution in [-0.4, -0.2) is 20.3 Å². The Balaban J connectivity index is 2.39. The van der Waals surface area contributed by atoms with Crippen molar-refractivity contribution in [2.45, 2.75) is 6.42 Å². The Morgan fingerprint density at radius 2 is 1.94 bits per heavy atom. The average Bonchev–Trinajstić information content (AvgIpc) is 2.74. The fourth-order valence-electron chi connectivity index (χ4n) is 1.31. The van der Waals surface area contributed by atoms with Gasteiger partial charge in [-0.15, -0.1) is 5.10 Å². The van der Waals surface area contributed by atoms with E-state index in [9.17, 15) is 4.39 Å². The van der Waals surface area contributed by atoms with Crippen molar-refractivity contribution in [1.29, 1.82) is 0 Å². The van der Waals surface area contributed by atoms with Crippen molar-refractivity contribution in [3.8, 4) is 5.69 Å². The quantitative estimate of drug-likeness (QED) is 0.631. The molecule has 1 aromatic heterocycles. The molecule has 0 saturated heterocycles. The molecule has 0 saturated carbocycles. The van der Waals surface area contributed by atoms with Crippen LogP contribution in [0.2, 0.25) is 10.0 Å². The number of halogens is 4. The normalized spacial score (nSPS) is 10.8. The highest BCUT2D eigenvalue weighted by atomic mass is 79.9. The number of alkyl halides is 1. The first kappa shape index (κ1) is 12.8. The van der Waals surface area contributed by atoms with Gasteiger partial charge < -0.3 is 0 Å². The first-order valence-electron chi connectivity index (χ1n) is 4.74. The van der Waals surface area contributed by atoms with E-state index in [2.05, 4.69) is 26.2 Å². The number of hydrogen-bond acceptors (Lipinski definition) is 2. The SMILES string of the molecule is Fc1c(Cl)cc(-n2cc(CCBr)nn2)cc1Cl. The average molecular weight is 339 g/mol. The first-order valence-corrected chi connectivity index (χ1v) is 6.61. The Morgan fingerprint density at radius 3 is 2.53 bits per heavy atom. The van der Waals surface area contributed by atoms with Crippen LogP contribution in [0.3, 0.4) is 0 Å². The summed E-state index contributed by atoms with van der Waals surface area (Å²) in [6.07, 6.45) is 2.52. The van der Waals surface area contributed by atoms with Crippen LogP contribution in [0.1, 0.15) is 5.69 Å². The molecule has 90 valence electrons. The summed E-state index contributed by atoms with van der Waals surface area (Å²) in [5.41, 5.74) is 1.41. The molecule has 1 heterocycles. The Kier molecular flexibility index (Phi) is 4.01. The third kappa shape index (κ3) is 2.78. The summed E-state index contributed by atoms with van der Waals surface area (Å²) < 4.78 is 14.7. The number of benzene rings is 1. The monoisotopic (exact) mass is 337 g/mol. The minimum absolute atomic E-state index is 0.0370. The van der Waals surface area contributed by atoms with E-state index in [0.29, 0.717) is 5.69 Å². The van der Waals surface area contributed by atoms with Crippen LogP contribution < -0.4 is 0 Å². The lowest BCUT2D eigenvalue weighted by molar-refractivity contribution is 0.627. The predicted molar refractivity (Wildman–Crippen MR) is 68.8 cm³/mol. The molecule has 0 aliphatic rings. The molecule has 7 heteroatoms. The maximum atomic E-state index is 13.2. The fraction of sp³-hybridized carbons (Fsp3) is 0.200. The summed E-state index contributed by atoms with van der Waals surface area (Å²) >= 11 is 14.7. The highest BCUT2D eigenvalue weighted by Gasteiger charge is 2.10. The van der Waals surface area contributed by atoms with Crippen molar-refractivity contribution >= 4 is 39.1 Å². The second-order valence-corrected chi connectivity index (χ2v) is 4.92. The third-order valence-corrected chi connectivity index (χ3v) is 3.07. The van der Waals surface area contributed by atoms with Crippen LogP contribution in [0.5, 0.6) is 0 Å². The molecule has 0 aliphatic heterocycles. The number of hydrogen-bond donors (Lipinski definition) is 0. The van der Waals surface area contributed by atoms with E-state index in [1.165, 1.54) is 16.8 Å². The molecule has 2 rings (SSSR count). The van der Waals surface area contributed by atoms with Gasteiger partial charge in [0.2, 0.25) is 0 Å². The second kappa shape index (κ2) is 5.33. The van der Waals surface area contributed by atoms with Gasteiger partial charge in [0, 0.05) is 11.8 Å². The van der Waals surface area contributed by atoms with Crippen molar-refractivity contribution in [3.63, 3.8) is 0 Å². The molecular formula is C10H7BrCl2FN3. The Bertz CT molecular complexity index is 521. The number of aromatic nitrogens is 3. The van der Waals surface area contributed by atoms with Gasteiger partial charge >= 0.3 is 0 Å². The summed E-state index contributed by atoms with van der Waals surface area (Å²) in [5.74, 6) is -0.627. The van der Waals surface area contributed by atoms with Crippen molar-refractivity contribution in [1.82, 2.24) is 15.0 Å². The molecule has 0 spiro atoms. The molecule has 0 atom stereocenters. The van der Waals surface area contributed by atoms with E-state index >= 15 is 0 Å². The predicted octanol–water partition coefficient (Wildman–Crippen LogP) is 3.65. The minimum Gasteiger partial charge on any atom is -0.220 e. The Morgan fingerprint density at radius 1 is 1.29 bits per heavy atom. The number of rotatable bonds is 3. The van der Waals surface area contributed by atoms with Gasteiger partial charge in [-0.3, -0.25) is 0 Å². The van der Waals surface area contributed by atoms with Gasteiger partial charge in [0.25, 0.3) is 0 Å². The largest absolute Gasteiger partial charge is 0.220 e. The lowest BCUT2D eigenvalue weighted by Crippen LogP contribution is -1.96. The summed E-state index contributed by atoms with van der Waals surface area (Å²) in [5, 5.41) is 8.62. The van der Waals surface area contributed by atoms with Crippen LogP contribution in [0.15, 0.2) is 18.3 Å². The van der Waals surface area contributed by atoms with E-state index in [1.54, 1.807) is 6.20 Å². The van der Waals surface area contributed by atoms with Crippen LogP contribution in [0.25, 0.3) is 5.69 Å². The number of aryl methyl sites for hydroxylation is 1. The van der Waals surface area contributed by atoms with E-state index in [-0.39, 0.29) is 10.0 Å². The Hall–Kier alpha value is -0.650. The van der Waals surface area contributed by atoms with Gasteiger partial charge in [-0.25, -0.2) is 9.07 Å². The molecular weight excluding hydrogens is 332 g/mol. The zero-order valence-corrected chi connectivity index (χ0v) is 11.6. The molecule has 0 N–H and O–H groups in total. The van der Waals surface area contributed by atoms with Gasteiger partial charge in [-0.2, -0.15) is 0 Å². The Labute approximate surface area is 116 Å². The summed E-state index contributed by atoms with van der Waals surface area (Å²) in [6.45, 7) is 0. The zero-order chi connectivity index (χ0) is 12.4. The lowest BCUT2D eigenvalue weighted by atomic mass is 10.3. The standard InChI is InChI=1S/C10H7BrCl2FN3/c11-2-1-6-5-17(16-15-6)7-3-8(12)10(14)9(13)4-7/h3-5H,1-2H2. The molecule has 2 aromatic rings. The van der Waals surface area contributed by atoms with Gasteiger partial charge in [-0.1, -0.05) is 44.3 Å². The summed E-state index contributed by atoms with van der Waals surface area (Å²) in [7, 11) is 0. The van der Waals surface area contributed by atoms with E-state index in [4.69, 9.17) is 23.2 Å². The van der Waals surface area contributed by atoms with Crippen LogP contribution in [0, 0.1) is 5.82 Å². The van der Waals surface area contributed by atoms with Gasteiger partial charge in [0.1, 0.15) is 0 Å². The topological polar surface area (TPSA) is 30.7 Å².